The average Bonchev–Trinajstić information content (AvgIpc) is 2.24. The number of hydrogen-bond donors (Lipinski definition) is 1. The number of nitrogens with one attached hydrogen (secondary N) is 1. The van der Waals surface area contributed by atoms with Crippen LogP contribution in [0.1, 0.15) is 53.9 Å². The van der Waals surface area contributed by atoms with Gasteiger partial charge in [-0.05, 0) is 25.2 Å². The predicted molar refractivity (Wildman–Crippen MR) is 71.8 cm³/mol. The molecule has 0 heterocycles. The van der Waals surface area contributed by atoms with E-state index in [1.54, 1.807) is 0 Å². The molecule has 2 heteroatoms. The predicted octanol–water partition coefficient (Wildman–Crippen LogP) is 3.46. The van der Waals surface area contributed by atoms with Gasteiger partial charge >= 0.3 is 0 Å². The third-order valence-electron chi connectivity index (χ3n) is 3.31. The van der Waals surface area contributed by atoms with Crippen LogP contribution in [-0.2, 0) is 4.74 Å². The molecule has 0 aromatic heterocycles. The van der Waals surface area contributed by atoms with E-state index < -0.39 is 0 Å². The van der Waals surface area contributed by atoms with Crippen LogP contribution in [0, 0.1) is 11.8 Å². The summed E-state index contributed by atoms with van der Waals surface area (Å²) in [5.74, 6) is 1.55. The summed E-state index contributed by atoms with van der Waals surface area (Å²) < 4.78 is 5.58. The Kier molecular flexibility index (Phi) is 10.0. The van der Waals surface area contributed by atoms with E-state index in [9.17, 15) is 0 Å². The van der Waals surface area contributed by atoms with Crippen molar-refractivity contribution in [2.45, 2.75) is 59.9 Å². The second-order valence-electron chi connectivity index (χ2n) is 5.11. The van der Waals surface area contributed by atoms with E-state index in [-0.39, 0.29) is 0 Å². The van der Waals surface area contributed by atoms with E-state index >= 15 is 0 Å². The SMILES string of the molecule is CCC(CC)C(C)NCCOCCC(C)C. The van der Waals surface area contributed by atoms with Gasteiger partial charge in [0.05, 0.1) is 6.61 Å². The Morgan fingerprint density at radius 3 is 2.12 bits per heavy atom. The zero-order valence-electron chi connectivity index (χ0n) is 11.9. The number of rotatable bonds is 10. The molecule has 0 aromatic carbocycles. The minimum absolute atomic E-state index is 0.615. The Labute approximate surface area is 102 Å². The topological polar surface area (TPSA) is 21.3 Å². The number of ether oxygens (including phenoxy) is 1. The minimum Gasteiger partial charge on any atom is -0.380 e. The van der Waals surface area contributed by atoms with E-state index in [2.05, 4.69) is 39.9 Å². The lowest BCUT2D eigenvalue weighted by Gasteiger charge is -2.22. The highest BCUT2D eigenvalue weighted by molar-refractivity contribution is 4.69. The first-order valence-electron chi connectivity index (χ1n) is 6.92. The highest BCUT2D eigenvalue weighted by Gasteiger charge is 2.11. The first-order chi connectivity index (χ1) is 7.61. The van der Waals surface area contributed by atoms with Crippen molar-refractivity contribution in [3.8, 4) is 0 Å². The molecule has 0 spiro atoms. The Bertz CT molecular complexity index is 144. The highest BCUT2D eigenvalue weighted by atomic mass is 16.5. The lowest BCUT2D eigenvalue weighted by molar-refractivity contribution is 0.121. The van der Waals surface area contributed by atoms with Gasteiger partial charge in [0.1, 0.15) is 0 Å². The fourth-order valence-corrected chi connectivity index (χ4v) is 1.94. The number of hydrogen-bond acceptors (Lipinski definition) is 2. The van der Waals surface area contributed by atoms with Crippen LogP contribution in [-0.4, -0.2) is 25.8 Å². The molecule has 0 fully saturated rings. The average molecular weight is 229 g/mol. The van der Waals surface area contributed by atoms with Crippen molar-refractivity contribution in [1.29, 1.82) is 0 Å². The van der Waals surface area contributed by atoms with Crippen molar-refractivity contribution >= 4 is 0 Å². The lowest BCUT2D eigenvalue weighted by Crippen LogP contribution is -2.35. The zero-order valence-corrected chi connectivity index (χ0v) is 11.9. The molecule has 1 atom stereocenters. The van der Waals surface area contributed by atoms with Crippen LogP contribution in [0.15, 0.2) is 0 Å². The Balaban J connectivity index is 3.36. The van der Waals surface area contributed by atoms with Gasteiger partial charge in [-0.25, -0.2) is 0 Å². The molecule has 0 aromatic rings. The van der Waals surface area contributed by atoms with Gasteiger partial charge in [-0.15, -0.1) is 0 Å². The summed E-state index contributed by atoms with van der Waals surface area (Å²) in [6.45, 7) is 14.0. The van der Waals surface area contributed by atoms with Gasteiger partial charge < -0.3 is 10.1 Å². The van der Waals surface area contributed by atoms with Crippen LogP contribution < -0.4 is 5.32 Å². The molecule has 1 N–H and O–H groups in total. The normalized spacial score (nSPS) is 13.7. The molecule has 0 amide bonds. The first kappa shape index (κ1) is 15.9. The molecule has 16 heavy (non-hydrogen) atoms. The minimum atomic E-state index is 0.615. The summed E-state index contributed by atoms with van der Waals surface area (Å²) in [7, 11) is 0. The Hall–Kier alpha value is -0.0800. The fourth-order valence-electron chi connectivity index (χ4n) is 1.94. The molecular formula is C14H31NO. The molecule has 0 aliphatic heterocycles. The summed E-state index contributed by atoms with van der Waals surface area (Å²) in [5.41, 5.74) is 0. The lowest BCUT2D eigenvalue weighted by atomic mass is 9.96. The molecule has 2 nitrogen and oxygen atoms in total. The summed E-state index contributed by atoms with van der Waals surface area (Å²) >= 11 is 0. The van der Waals surface area contributed by atoms with Gasteiger partial charge in [-0.2, -0.15) is 0 Å². The molecule has 1 unspecified atom stereocenters. The summed E-state index contributed by atoms with van der Waals surface area (Å²) in [4.78, 5) is 0. The molecule has 0 saturated carbocycles. The maximum Gasteiger partial charge on any atom is 0.0591 e. The van der Waals surface area contributed by atoms with Crippen LogP contribution in [0.5, 0.6) is 0 Å². The van der Waals surface area contributed by atoms with Gasteiger partial charge in [0.25, 0.3) is 0 Å². The van der Waals surface area contributed by atoms with E-state index in [4.69, 9.17) is 4.74 Å². The second kappa shape index (κ2) is 10.1. The third kappa shape index (κ3) is 8.12. The maximum atomic E-state index is 5.58. The molecule has 98 valence electrons. The molecule has 0 aliphatic carbocycles. The van der Waals surface area contributed by atoms with Crippen molar-refractivity contribution in [2.24, 2.45) is 11.8 Å². The second-order valence-corrected chi connectivity index (χ2v) is 5.11. The van der Waals surface area contributed by atoms with E-state index in [1.807, 2.05) is 0 Å². The van der Waals surface area contributed by atoms with Crippen molar-refractivity contribution in [2.75, 3.05) is 19.8 Å². The van der Waals surface area contributed by atoms with Gasteiger partial charge in [-0.3, -0.25) is 0 Å². The molecule has 0 radical (unpaired) electrons. The van der Waals surface area contributed by atoms with Crippen LogP contribution in [0.2, 0.25) is 0 Å². The maximum absolute atomic E-state index is 5.58. The fraction of sp³-hybridized carbons (Fsp3) is 1.00. The monoisotopic (exact) mass is 229 g/mol. The third-order valence-corrected chi connectivity index (χ3v) is 3.31. The Morgan fingerprint density at radius 2 is 1.62 bits per heavy atom. The van der Waals surface area contributed by atoms with Gasteiger partial charge in [0.15, 0.2) is 0 Å². The van der Waals surface area contributed by atoms with Crippen LogP contribution >= 0.6 is 0 Å². The van der Waals surface area contributed by atoms with E-state index in [0.29, 0.717) is 6.04 Å². The molecular weight excluding hydrogens is 198 g/mol. The van der Waals surface area contributed by atoms with Crippen molar-refractivity contribution in [3.63, 3.8) is 0 Å². The summed E-state index contributed by atoms with van der Waals surface area (Å²) in [6, 6.07) is 0.615. The molecule has 0 bridgehead atoms. The van der Waals surface area contributed by atoms with Gasteiger partial charge in [0, 0.05) is 19.2 Å². The van der Waals surface area contributed by atoms with Crippen LogP contribution in [0.3, 0.4) is 0 Å². The summed E-state index contributed by atoms with van der Waals surface area (Å²) in [6.07, 6.45) is 3.69. The van der Waals surface area contributed by atoms with Gasteiger partial charge in [0.2, 0.25) is 0 Å². The van der Waals surface area contributed by atoms with Crippen molar-refractivity contribution < 1.29 is 4.74 Å². The van der Waals surface area contributed by atoms with E-state index in [1.165, 1.54) is 19.3 Å². The summed E-state index contributed by atoms with van der Waals surface area (Å²) in [5, 5.41) is 3.55. The zero-order chi connectivity index (χ0) is 12.4. The van der Waals surface area contributed by atoms with Crippen LogP contribution in [0.25, 0.3) is 0 Å². The highest BCUT2D eigenvalue weighted by Crippen LogP contribution is 2.12. The molecule has 0 aliphatic rings. The first-order valence-corrected chi connectivity index (χ1v) is 6.92. The quantitative estimate of drug-likeness (QED) is 0.579. The van der Waals surface area contributed by atoms with Crippen molar-refractivity contribution in [1.82, 2.24) is 5.32 Å². The largest absolute Gasteiger partial charge is 0.380 e. The van der Waals surface area contributed by atoms with Crippen molar-refractivity contribution in [3.05, 3.63) is 0 Å². The Morgan fingerprint density at radius 1 is 1.00 bits per heavy atom. The molecule has 0 rings (SSSR count). The molecule has 0 saturated heterocycles. The van der Waals surface area contributed by atoms with Crippen LogP contribution in [0.4, 0.5) is 0 Å². The van der Waals surface area contributed by atoms with E-state index in [0.717, 1.165) is 31.6 Å². The smallest absolute Gasteiger partial charge is 0.0591 e. The van der Waals surface area contributed by atoms with Gasteiger partial charge in [-0.1, -0.05) is 40.5 Å². The standard InChI is InChI=1S/C14H31NO/c1-6-14(7-2)13(5)15-9-11-16-10-8-12(3)4/h12-15H,6-11H2,1-5H3.